The molecule has 85 heavy (non-hydrogen) atoms. The lowest BCUT2D eigenvalue weighted by Gasteiger charge is -2.45. The second kappa shape index (κ2) is 24.7. The smallest absolute Gasteiger partial charge is 0.490 e. The average Bonchev–Trinajstić information content (AvgIpc) is 1.94. The van der Waals surface area contributed by atoms with E-state index in [-0.39, 0.29) is 24.0 Å². The number of halogens is 5. The first-order valence-corrected chi connectivity index (χ1v) is 31.2. The zero-order valence-electron chi connectivity index (χ0n) is 47.2. The molecule has 4 amide bonds. The maximum Gasteiger partial charge on any atom is 0.490 e. The van der Waals surface area contributed by atoms with Crippen molar-refractivity contribution < 1.29 is 55.9 Å². The molecule has 4 aromatic carbocycles. The molecule has 0 bridgehead atoms. The molecule has 448 valence electrons. The number of imide groups is 2. The number of benzene rings is 4. The van der Waals surface area contributed by atoms with Crippen LogP contribution < -0.4 is 35.8 Å². The van der Waals surface area contributed by atoms with E-state index in [1.807, 2.05) is 68.0 Å². The van der Waals surface area contributed by atoms with Gasteiger partial charge in [-0.05, 0) is 96.0 Å². The van der Waals surface area contributed by atoms with Crippen molar-refractivity contribution in [2.24, 2.45) is 7.05 Å². The van der Waals surface area contributed by atoms with E-state index in [0.29, 0.717) is 77.2 Å². The highest BCUT2D eigenvalue weighted by Gasteiger charge is 2.46. The predicted octanol–water partition coefficient (Wildman–Crippen LogP) is 8.68. The van der Waals surface area contributed by atoms with Gasteiger partial charge in [0.25, 0.3) is 11.8 Å². The van der Waals surface area contributed by atoms with Crippen LogP contribution in [0.25, 0.3) is 22.3 Å². The number of ether oxygens (including phenoxy) is 1. The maximum absolute atomic E-state index is 16.6. The molecule has 0 spiro atoms. The Hall–Kier alpha value is -7.73. The van der Waals surface area contributed by atoms with Crippen molar-refractivity contribution >= 4 is 92.5 Å². The van der Waals surface area contributed by atoms with Crippen LogP contribution in [0.3, 0.4) is 0 Å². The third-order valence-corrected chi connectivity index (χ3v) is 18.3. The van der Waals surface area contributed by atoms with Crippen molar-refractivity contribution in [3.8, 4) is 28.0 Å². The van der Waals surface area contributed by atoms with Gasteiger partial charge >= 0.3 is 12.1 Å². The number of carboxylic acid groups (broad SMARTS) is 1. The van der Waals surface area contributed by atoms with Gasteiger partial charge in [-0.25, -0.2) is 14.2 Å². The van der Waals surface area contributed by atoms with E-state index in [1.54, 1.807) is 49.5 Å². The molecule has 6 aromatic rings. The Balaban J connectivity index is 0.00000108. The molecule has 1 atom stereocenters. The third kappa shape index (κ3) is 13.5. The monoisotopic (exact) mass is 1250 g/mol. The fraction of sp³-hybridized carbons (Fsp3) is 0.390. The largest absolute Gasteiger partial charge is 0.494 e. The fourth-order valence-electron chi connectivity index (χ4n) is 11.7. The Labute approximate surface area is 496 Å². The van der Waals surface area contributed by atoms with E-state index in [1.165, 1.54) is 0 Å². The summed E-state index contributed by atoms with van der Waals surface area (Å²) in [5.41, 5.74) is 6.22. The molecule has 5 aliphatic rings. The number of hydrogen-bond acceptors (Lipinski definition) is 16. The lowest BCUT2D eigenvalue weighted by atomic mass is 9.91. The minimum Gasteiger partial charge on any atom is -0.494 e. The summed E-state index contributed by atoms with van der Waals surface area (Å²) in [6.07, 6.45) is 3.25. The number of nitrogens with one attached hydrogen (secondary N) is 3. The van der Waals surface area contributed by atoms with Crippen molar-refractivity contribution in [2.45, 2.75) is 62.5 Å². The standard InChI is InChI=1S/C57H63BrFN12O6P.C2HF3O2/c1-66-34-38(32-61-66)42-30-46(63-56-60-33-44(58)52(65-56)62-45-13-10-37(28-50(45)78(3,4)76)36-8-6-5-7-9-36)49(77-2)31-48(42)70-20-16-39(17-21-70)69-26-24-67(25-27-69)35-57(59)18-22-68(23-19-57)40-11-12-41-43(29-40)55(75)71(54(41)74)47-14-15-51(72)64-53(47)73;3-2(4,5)1(6)7/h5-13,28-34,39,47H,14-27,35H2,1-4H3,(H,64,72,73)(H2,60,62,63,65);(H,6,7). The van der Waals surface area contributed by atoms with Gasteiger partial charge in [0.15, 0.2) is 0 Å². The van der Waals surface area contributed by atoms with Crippen LogP contribution in [0.15, 0.2) is 102 Å². The Morgan fingerprint density at radius 1 is 0.812 bits per heavy atom. The highest BCUT2D eigenvalue weighted by atomic mass is 79.9. The molecule has 0 radical (unpaired) electrons. The van der Waals surface area contributed by atoms with Crippen LogP contribution in [0, 0.1) is 0 Å². The number of carboxylic acids is 1. The van der Waals surface area contributed by atoms with Crippen LogP contribution >= 0.6 is 23.1 Å². The molecule has 20 nitrogen and oxygen atoms in total. The van der Waals surface area contributed by atoms with Gasteiger partial charge in [-0.1, -0.05) is 36.4 Å². The molecule has 4 saturated heterocycles. The zero-order valence-corrected chi connectivity index (χ0v) is 49.6. The van der Waals surface area contributed by atoms with Crippen LogP contribution in [0.1, 0.15) is 59.2 Å². The first kappa shape index (κ1) is 60.4. The number of rotatable bonds is 14. The quantitative estimate of drug-likeness (QED) is 0.0454. The number of methoxy groups -OCH3 is 1. The SMILES string of the molecule is COc1cc(N2CCC(N3CCN(CC4(F)CCN(c5ccc6c(c5)C(=O)N(C5CCC(=O)NC5=O)C6=O)CC4)CC3)CC2)c(-c2cnn(C)c2)cc1Nc1ncc(Br)c(Nc2ccc(-c3ccccc3)cc2P(C)(C)=O)n1.O=C(O)C(F)(F)F. The highest BCUT2D eigenvalue weighted by Crippen LogP contribution is 2.44. The number of carbonyl (C=O) groups is 5. The van der Waals surface area contributed by atoms with Crippen LogP contribution in [0.5, 0.6) is 5.75 Å². The minimum atomic E-state index is -5.08. The number of piperidine rings is 3. The summed E-state index contributed by atoms with van der Waals surface area (Å²) in [4.78, 5) is 79.7. The van der Waals surface area contributed by atoms with Crippen LogP contribution in [-0.4, -0.2) is 172 Å². The molecular weight excluding hydrogens is 1190 g/mol. The summed E-state index contributed by atoms with van der Waals surface area (Å²) < 4.78 is 70.5. The fourth-order valence-corrected chi connectivity index (χ4v) is 13.1. The Morgan fingerprint density at radius 2 is 1.51 bits per heavy atom. The van der Waals surface area contributed by atoms with E-state index in [2.05, 4.69) is 73.7 Å². The Bertz CT molecular complexity index is 3580. The number of aliphatic carboxylic acids is 1. The van der Waals surface area contributed by atoms with E-state index in [4.69, 9.17) is 19.6 Å². The van der Waals surface area contributed by atoms with Gasteiger partial charge in [-0.15, -0.1) is 0 Å². The van der Waals surface area contributed by atoms with Gasteiger partial charge in [0.05, 0.1) is 40.3 Å². The van der Waals surface area contributed by atoms with Crippen LogP contribution in [0.2, 0.25) is 0 Å². The van der Waals surface area contributed by atoms with E-state index in [0.717, 1.165) is 90.6 Å². The molecule has 7 heterocycles. The number of aromatic nitrogens is 4. The predicted molar refractivity (Wildman–Crippen MR) is 318 cm³/mol. The number of carbonyl (C=O) groups excluding carboxylic acids is 4. The zero-order chi connectivity index (χ0) is 60.5. The number of amides is 4. The molecule has 26 heteroatoms. The summed E-state index contributed by atoms with van der Waals surface area (Å²) in [5.74, 6) is -3.44. The second-order valence-electron chi connectivity index (χ2n) is 22.2. The molecule has 1 unspecified atom stereocenters. The molecule has 0 aliphatic carbocycles. The summed E-state index contributed by atoms with van der Waals surface area (Å²) >= 11 is 3.63. The summed E-state index contributed by atoms with van der Waals surface area (Å²) in [6, 6.07) is 24.6. The van der Waals surface area contributed by atoms with E-state index < -0.39 is 54.6 Å². The van der Waals surface area contributed by atoms with Crippen molar-refractivity contribution in [3.63, 3.8) is 0 Å². The lowest BCUT2D eigenvalue weighted by molar-refractivity contribution is -0.192. The molecule has 2 aromatic heterocycles. The summed E-state index contributed by atoms with van der Waals surface area (Å²) in [5, 5.41) is 21.5. The van der Waals surface area contributed by atoms with E-state index in [9.17, 15) is 36.9 Å². The molecular formula is C59H64BrF4N12O8P. The molecule has 4 N–H and O–H groups in total. The van der Waals surface area contributed by atoms with Crippen molar-refractivity contribution in [1.82, 2.24) is 39.8 Å². The van der Waals surface area contributed by atoms with Crippen LogP contribution in [0.4, 0.5) is 52.1 Å². The molecule has 0 saturated carbocycles. The Morgan fingerprint density at radius 3 is 2.14 bits per heavy atom. The topological polar surface area (TPSA) is 228 Å². The molecule has 4 fully saturated rings. The van der Waals surface area contributed by atoms with Gasteiger partial charge in [0.1, 0.15) is 30.4 Å². The van der Waals surface area contributed by atoms with Gasteiger partial charge in [-0.3, -0.25) is 43.9 Å². The van der Waals surface area contributed by atoms with Crippen LogP contribution in [-0.2, 0) is 26.0 Å². The maximum atomic E-state index is 16.6. The number of alkyl halides is 4. The van der Waals surface area contributed by atoms with Gasteiger partial charge in [0.2, 0.25) is 17.8 Å². The normalized spacial score (nSPS) is 18.8. The van der Waals surface area contributed by atoms with Crippen molar-refractivity contribution in [1.29, 1.82) is 0 Å². The second-order valence-corrected chi connectivity index (χ2v) is 26.2. The van der Waals surface area contributed by atoms with Gasteiger partial charge < -0.3 is 34.8 Å². The van der Waals surface area contributed by atoms with Crippen molar-refractivity contribution in [2.75, 3.05) is 99.8 Å². The Kier molecular flexibility index (Phi) is 17.5. The van der Waals surface area contributed by atoms with E-state index >= 15 is 4.39 Å². The highest BCUT2D eigenvalue weighted by molar-refractivity contribution is 9.10. The lowest BCUT2D eigenvalue weighted by Crippen LogP contribution is -2.56. The van der Waals surface area contributed by atoms with Gasteiger partial charge in [-0.2, -0.15) is 23.3 Å². The summed E-state index contributed by atoms with van der Waals surface area (Å²) in [6.45, 7) is 9.84. The third-order valence-electron chi connectivity index (χ3n) is 16.2. The minimum absolute atomic E-state index is 0.0559. The number of aryl methyl sites for hydroxylation is 1. The first-order valence-electron chi connectivity index (χ1n) is 27.8. The summed E-state index contributed by atoms with van der Waals surface area (Å²) in [7, 11) is 0.838. The number of piperazine rings is 1. The molecule has 11 rings (SSSR count). The van der Waals surface area contributed by atoms with Crippen molar-refractivity contribution in [3.05, 3.63) is 113 Å². The first-order chi connectivity index (χ1) is 40.4. The number of fused-ring (bicyclic) bond motifs is 1. The number of nitrogens with zero attached hydrogens (tertiary/aromatic N) is 9. The average molecular weight is 1260 g/mol. The number of anilines is 6. The molecule has 5 aliphatic heterocycles. The number of hydrogen-bond donors (Lipinski definition) is 4. The van der Waals surface area contributed by atoms with Gasteiger partial charge in [0, 0.05) is 138 Å².